The Bertz CT molecular complexity index is 730. The van der Waals surface area contributed by atoms with Crippen LogP contribution < -0.4 is 14.8 Å². The highest BCUT2D eigenvalue weighted by Crippen LogP contribution is 2.29. The summed E-state index contributed by atoms with van der Waals surface area (Å²) in [6.07, 6.45) is 2.62. The number of hydrogen-bond acceptors (Lipinski definition) is 4. The van der Waals surface area contributed by atoms with E-state index in [2.05, 4.69) is 60.5 Å². The number of aryl methyl sites for hydroxylation is 1. The van der Waals surface area contributed by atoms with Gasteiger partial charge in [0.2, 0.25) is 0 Å². The fourth-order valence-corrected chi connectivity index (χ4v) is 3.82. The van der Waals surface area contributed by atoms with Crippen molar-refractivity contribution in [3.05, 3.63) is 59.2 Å². The van der Waals surface area contributed by atoms with Crippen LogP contribution in [0.2, 0.25) is 0 Å². The number of rotatable bonds is 10. The van der Waals surface area contributed by atoms with Gasteiger partial charge in [0.1, 0.15) is 6.61 Å². The first-order chi connectivity index (χ1) is 13.7. The molecule has 0 bridgehead atoms. The lowest BCUT2D eigenvalue weighted by Crippen LogP contribution is -2.37. The second-order valence-corrected chi connectivity index (χ2v) is 7.54. The summed E-state index contributed by atoms with van der Waals surface area (Å²) >= 11 is 0. The van der Waals surface area contributed by atoms with Gasteiger partial charge in [0.15, 0.2) is 11.5 Å². The van der Waals surface area contributed by atoms with E-state index in [9.17, 15) is 0 Å². The fraction of sp³-hybridized carbons (Fsp3) is 0.500. The average molecular weight is 383 g/mol. The highest BCUT2D eigenvalue weighted by molar-refractivity contribution is 5.43. The van der Waals surface area contributed by atoms with Crippen LogP contribution in [0.15, 0.2) is 42.5 Å². The van der Waals surface area contributed by atoms with Gasteiger partial charge in [-0.15, -0.1) is 0 Å². The zero-order valence-electron chi connectivity index (χ0n) is 17.5. The lowest BCUT2D eigenvalue weighted by molar-refractivity contribution is 0.259. The summed E-state index contributed by atoms with van der Waals surface area (Å²) in [4.78, 5) is 2.57. The third-order valence-corrected chi connectivity index (χ3v) is 5.44. The predicted octanol–water partition coefficient (Wildman–Crippen LogP) is 4.55. The van der Waals surface area contributed by atoms with E-state index in [0.717, 1.165) is 36.7 Å². The third-order valence-electron chi connectivity index (χ3n) is 5.44. The quantitative estimate of drug-likeness (QED) is 0.654. The summed E-state index contributed by atoms with van der Waals surface area (Å²) in [7, 11) is 0. The van der Waals surface area contributed by atoms with E-state index in [1.165, 1.54) is 30.5 Å². The maximum absolute atomic E-state index is 6.03. The van der Waals surface area contributed by atoms with Crippen molar-refractivity contribution in [3.63, 3.8) is 0 Å². The maximum atomic E-state index is 6.03. The van der Waals surface area contributed by atoms with Gasteiger partial charge < -0.3 is 14.8 Å². The van der Waals surface area contributed by atoms with E-state index in [1.807, 2.05) is 13.0 Å². The lowest BCUT2D eigenvalue weighted by atomic mass is 10.1. The molecule has 0 saturated carbocycles. The normalized spacial score (nSPS) is 17.0. The molecule has 0 amide bonds. The molecule has 2 aromatic carbocycles. The Morgan fingerprint density at radius 2 is 1.79 bits per heavy atom. The second kappa shape index (κ2) is 10.5. The Hall–Kier alpha value is -2.04. The van der Waals surface area contributed by atoms with Crippen molar-refractivity contribution in [1.29, 1.82) is 0 Å². The monoisotopic (exact) mass is 382 g/mol. The number of hydrogen-bond donors (Lipinski definition) is 1. The van der Waals surface area contributed by atoms with Crippen molar-refractivity contribution in [1.82, 2.24) is 10.2 Å². The lowest BCUT2D eigenvalue weighted by Gasteiger charge is -2.23. The van der Waals surface area contributed by atoms with Crippen molar-refractivity contribution in [2.45, 2.75) is 52.8 Å². The minimum absolute atomic E-state index is 0.548. The standard InChI is InChI=1S/C24H34N2O2/c1-4-26-14-6-7-22(26)17-25-16-21-12-13-23(24(15-21)27-5-2)28-18-20-10-8-19(3)9-11-20/h8-13,15,22,25H,4-7,14,16-18H2,1-3H3/t22-/m1/s1. The van der Waals surface area contributed by atoms with Crippen molar-refractivity contribution in [3.8, 4) is 11.5 Å². The summed E-state index contributed by atoms with van der Waals surface area (Å²) in [5.41, 5.74) is 3.65. The molecule has 3 rings (SSSR count). The molecule has 2 aromatic rings. The molecule has 1 saturated heterocycles. The molecule has 0 spiro atoms. The molecule has 4 heteroatoms. The zero-order valence-corrected chi connectivity index (χ0v) is 17.5. The van der Waals surface area contributed by atoms with Gasteiger partial charge in [-0.05, 0) is 63.0 Å². The first kappa shape index (κ1) is 20.7. The van der Waals surface area contributed by atoms with Gasteiger partial charge in [-0.25, -0.2) is 0 Å². The van der Waals surface area contributed by atoms with Crippen LogP contribution in [0.3, 0.4) is 0 Å². The Morgan fingerprint density at radius 1 is 1.00 bits per heavy atom. The largest absolute Gasteiger partial charge is 0.490 e. The van der Waals surface area contributed by atoms with Crippen molar-refractivity contribution in [2.24, 2.45) is 0 Å². The average Bonchev–Trinajstić information content (AvgIpc) is 3.16. The number of likely N-dealkylation sites (N-methyl/N-ethyl adjacent to an activating group) is 1. The number of likely N-dealkylation sites (tertiary alicyclic amines) is 1. The molecular formula is C24H34N2O2. The minimum atomic E-state index is 0.548. The SMILES string of the molecule is CCOc1cc(CNC[C@H]2CCCN2CC)ccc1OCc1ccc(C)cc1. The highest BCUT2D eigenvalue weighted by atomic mass is 16.5. The van der Waals surface area contributed by atoms with E-state index in [4.69, 9.17) is 9.47 Å². The third kappa shape index (κ3) is 5.73. The van der Waals surface area contributed by atoms with Crippen LogP contribution in [-0.2, 0) is 13.2 Å². The molecule has 0 aliphatic carbocycles. The van der Waals surface area contributed by atoms with E-state index in [0.29, 0.717) is 19.3 Å². The topological polar surface area (TPSA) is 33.7 Å². The van der Waals surface area contributed by atoms with E-state index < -0.39 is 0 Å². The Balaban J connectivity index is 1.56. The van der Waals surface area contributed by atoms with Gasteiger partial charge in [0.05, 0.1) is 6.61 Å². The van der Waals surface area contributed by atoms with Crippen LogP contribution in [-0.4, -0.2) is 37.2 Å². The van der Waals surface area contributed by atoms with Crippen molar-refractivity contribution >= 4 is 0 Å². The fourth-order valence-electron chi connectivity index (χ4n) is 3.82. The molecule has 1 N–H and O–H groups in total. The highest BCUT2D eigenvalue weighted by Gasteiger charge is 2.22. The molecule has 1 fully saturated rings. The first-order valence-corrected chi connectivity index (χ1v) is 10.6. The summed E-state index contributed by atoms with van der Waals surface area (Å²) in [5, 5.41) is 3.62. The van der Waals surface area contributed by atoms with E-state index in [1.54, 1.807) is 0 Å². The second-order valence-electron chi connectivity index (χ2n) is 7.54. The van der Waals surface area contributed by atoms with Gasteiger partial charge in [0.25, 0.3) is 0 Å². The van der Waals surface area contributed by atoms with Crippen LogP contribution in [0.5, 0.6) is 11.5 Å². The van der Waals surface area contributed by atoms with Gasteiger partial charge in [0, 0.05) is 19.1 Å². The van der Waals surface area contributed by atoms with Gasteiger partial charge in [-0.3, -0.25) is 4.90 Å². The van der Waals surface area contributed by atoms with Crippen molar-refractivity contribution < 1.29 is 9.47 Å². The Labute approximate surface area is 169 Å². The molecule has 0 unspecified atom stereocenters. The number of ether oxygens (including phenoxy) is 2. The number of nitrogens with zero attached hydrogens (tertiary/aromatic N) is 1. The molecule has 1 heterocycles. The number of benzene rings is 2. The molecule has 1 aliphatic heterocycles. The van der Waals surface area contributed by atoms with Crippen LogP contribution in [0.1, 0.15) is 43.4 Å². The molecular weight excluding hydrogens is 348 g/mol. The maximum Gasteiger partial charge on any atom is 0.161 e. The number of nitrogens with one attached hydrogen (secondary N) is 1. The summed E-state index contributed by atoms with van der Waals surface area (Å²) in [5.74, 6) is 1.63. The molecule has 28 heavy (non-hydrogen) atoms. The Kier molecular flexibility index (Phi) is 7.75. The zero-order chi connectivity index (χ0) is 19.8. The molecule has 152 valence electrons. The molecule has 1 aliphatic rings. The molecule has 4 nitrogen and oxygen atoms in total. The van der Waals surface area contributed by atoms with E-state index >= 15 is 0 Å². The van der Waals surface area contributed by atoms with Gasteiger partial charge in [-0.1, -0.05) is 42.8 Å². The summed E-state index contributed by atoms with van der Waals surface area (Å²) in [6.45, 7) is 11.8. The van der Waals surface area contributed by atoms with Crippen LogP contribution in [0.25, 0.3) is 0 Å². The van der Waals surface area contributed by atoms with Crippen LogP contribution >= 0.6 is 0 Å². The van der Waals surface area contributed by atoms with Gasteiger partial charge in [-0.2, -0.15) is 0 Å². The summed E-state index contributed by atoms with van der Waals surface area (Å²) < 4.78 is 11.9. The molecule has 0 aromatic heterocycles. The molecule has 0 radical (unpaired) electrons. The van der Waals surface area contributed by atoms with Crippen molar-refractivity contribution in [2.75, 3.05) is 26.2 Å². The minimum Gasteiger partial charge on any atom is -0.490 e. The molecule has 1 atom stereocenters. The van der Waals surface area contributed by atoms with Gasteiger partial charge >= 0.3 is 0 Å². The van der Waals surface area contributed by atoms with Crippen LogP contribution in [0.4, 0.5) is 0 Å². The van der Waals surface area contributed by atoms with E-state index in [-0.39, 0.29) is 0 Å². The smallest absolute Gasteiger partial charge is 0.161 e. The van der Waals surface area contributed by atoms with Crippen LogP contribution in [0, 0.1) is 6.92 Å². The summed E-state index contributed by atoms with van der Waals surface area (Å²) in [6, 6.07) is 15.4. The predicted molar refractivity (Wildman–Crippen MR) is 115 cm³/mol. The first-order valence-electron chi connectivity index (χ1n) is 10.6. The Morgan fingerprint density at radius 3 is 2.54 bits per heavy atom.